The fourth-order valence-electron chi connectivity index (χ4n) is 2.49. The van der Waals surface area contributed by atoms with Gasteiger partial charge >= 0.3 is 5.97 Å². The van der Waals surface area contributed by atoms with Crippen molar-refractivity contribution in [3.63, 3.8) is 0 Å². The number of nitrogens with one attached hydrogen (secondary N) is 1. The molecule has 2 aromatic rings. The first-order chi connectivity index (χ1) is 13.1. The van der Waals surface area contributed by atoms with Gasteiger partial charge in [-0.1, -0.05) is 43.7 Å². The average Bonchev–Trinajstić information content (AvgIpc) is 2.71. The van der Waals surface area contributed by atoms with Crippen LogP contribution >= 0.6 is 0 Å². The molecule has 6 nitrogen and oxygen atoms in total. The van der Waals surface area contributed by atoms with Gasteiger partial charge in [-0.2, -0.15) is 5.26 Å². The summed E-state index contributed by atoms with van der Waals surface area (Å²) in [6, 6.07) is 17.9. The van der Waals surface area contributed by atoms with Gasteiger partial charge in [0, 0.05) is 0 Å². The van der Waals surface area contributed by atoms with Crippen molar-refractivity contribution in [3.8, 4) is 11.8 Å². The van der Waals surface area contributed by atoms with Crippen molar-refractivity contribution in [2.24, 2.45) is 0 Å². The van der Waals surface area contributed by atoms with Gasteiger partial charge in [0.25, 0.3) is 5.91 Å². The molecule has 0 spiro atoms. The highest BCUT2D eigenvalue weighted by molar-refractivity contribution is 5.81. The molecule has 0 fully saturated rings. The van der Waals surface area contributed by atoms with Crippen LogP contribution in [-0.2, 0) is 14.3 Å². The molecule has 0 radical (unpaired) electrons. The van der Waals surface area contributed by atoms with E-state index in [0.29, 0.717) is 11.3 Å². The Labute approximate surface area is 158 Å². The summed E-state index contributed by atoms with van der Waals surface area (Å²) in [6.45, 7) is 1.38. The zero-order chi connectivity index (χ0) is 19.5. The lowest BCUT2D eigenvalue weighted by molar-refractivity contribution is -0.150. The molecule has 0 aliphatic rings. The Balaban J connectivity index is 1.76. The molecule has 0 aliphatic heterocycles. The Hall–Kier alpha value is -3.33. The number of rotatable bonds is 9. The topological polar surface area (TPSA) is 88.4 Å². The first-order valence-electron chi connectivity index (χ1n) is 8.75. The number of hydrogen-bond donors (Lipinski definition) is 1. The summed E-state index contributed by atoms with van der Waals surface area (Å²) in [7, 11) is 0. The summed E-state index contributed by atoms with van der Waals surface area (Å²) in [5.41, 5.74) is 1.52. The number of hydrogen-bond acceptors (Lipinski definition) is 5. The summed E-state index contributed by atoms with van der Waals surface area (Å²) in [5.74, 6) is -0.548. The minimum Gasteiger partial charge on any atom is -0.482 e. The zero-order valence-electron chi connectivity index (χ0n) is 15.2. The Morgan fingerprint density at radius 1 is 1.07 bits per heavy atom. The number of amides is 1. The highest BCUT2D eigenvalue weighted by atomic mass is 16.6. The number of carbonyl (C=O) groups excluding carboxylic acids is 2. The van der Waals surface area contributed by atoms with Crippen LogP contribution in [0.25, 0.3) is 0 Å². The summed E-state index contributed by atoms with van der Waals surface area (Å²) in [4.78, 5) is 23.8. The van der Waals surface area contributed by atoms with Gasteiger partial charge in [-0.25, -0.2) is 4.79 Å². The lowest BCUT2D eigenvalue weighted by atomic mass is 10.0. The van der Waals surface area contributed by atoms with Gasteiger partial charge in [0.1, 0.15) is 5.75 Å². The van der Waals surface area contributed by atoms with Crippen molar-refractivity contribution in [2.45, 2.75) is 25.8 Å². The second kappa shape index (κ2) is 10.6. The molecule has 1 N–H and O–H groups in total. The third-order valence-electron chi connectivity index (χ3n) is 3.82. The van der Waals surface area contributed by atoms with E-state index in [1.807, 2.05) is 43.3 Å². The number of nitriles is 1. The first kappa shape index (κ1) is 20.0. The Morgan fingerprint density at radius 2 is 1.78 bits per heavy atom. The van der Waals surface area contributed by atoms with E-state index in [0.717, 1.165) is 18.4 Å². The molecule has 1 amide bonds. The standard InChI is InChI=1S/C21H22N2O4/c1-2-6-19(17-7-4-3-5-8-17)23-20(24)14-27-21(25)15-26-18-11-9-16(13-22)10-12-18/h3-5,7-12,19H,2,6,14-15H2,1H3,(H,23,24)/t19-/m1/s1. The number of nitrogens with zero attached hydrogens (tertiary/aromatic N) is 1. The normalized spacial score (nSPS) is 11.1. The molecule has 6 heteroatoms. The SMILES string of the molecule is CCC[C@@H](NC(=O)COC(=O)COc1ccc(C#N)cc1)c1ccccc1. The summed E-state index contributed by atoms with van der Waals surface area (Å²) in [6.07, 6.45) is 1.71. The van der Waals surface area contributed by atoms with Crippen LogP contribution in [0.1, 0.15) is 36.9 Å². The van der Waals surface area contributed by atoms with Crippen molar-refractivity contribution in [1.82, 2.24) is 5.32 Å². The third kappa shape index (κ3) is 6.83. The quantitative estimate of drug-likeness (QED) is 0.689. The molecule has 2 rings (SSSR count). The number of carbonyl (C=O) groups is 2. The van der Waals surface area contributed by atoms with Gasteiger partial charge in [-0.05, 0) is 36.2 Å². The van der Waals surface area contributed by atoms with Crippen molar-refractivity contribution in [1.29, 1.82) is 5.26 Å². The maximum absolute atomic E-state index is 12.1. The largest absolute Gasteiger partial charge is 0.482 e. The minimum atomic E-state index is -0.638. The van der Waals surface area contributed by atoms with Gasteiger partial charge in [-0.15, -0.1) is 0 Å². The van der Waals surface area contributed by atoms with Gasteiger partial charge < -0.3 is 14.8 Å². The van der Waals surface area contributed by atoms with E-state index >= 15 is 0 Å². The van der Waals surface area contributed by atoms with Crippen LogP contribution in [0.2, 0.25) is 0 Å². The minimum absolute atomic E-state index is 0.114. The van der Waals surface area contributed by atoms with Crippen LogP contribution in [0.4, 0.5) is 0 Å². The van der Waals surface area contributed by atoms with Crippen molar-refractivity contribution >= 4 is 11.9 Å². The van der Waals surface area contributed by atoms with Gasteiger partial charge in [-0.3, -0.25) is 4.79 Å². The van der Waals surface area contributed by atoms with E-state index in [1.165, 1.54) is 0 Å². The van der Waals surface area contributed by atoms with E-state index in [4.69, 9.17) is 14.7 Å². The molecule has 0 heterocycles. The smallest absolute Gasteiger partial charge is 0.344 e. The van der Waals surface area contributed by atoms with Crippen LogP contribution in [0.5, 0.6) is 5.75 Å². The predicted octanol–water partition coefficient (Wildman–Crippen LogP) is 3.14. The van der Waals surface area contributed by atoms with Gasteiger partial charge in [0.05, 0.1) is 17.7 Å². The van der Waals surface area contributed by atoms with E-state index in [9.17, 15) is 9.59 Å². The van der Waals surface area contributed by atoms with E-state index in [1.54, 1.807) is 24.3 Å². The molecule has 0 unspecified atom stereocenters. The van der Waals surface area contributed by atoms with Gasteiger partial charge in [0.15, 0.2) is 13.2 Å². The molecule has 0 saturated carbocycles. The molecule has 2 aromatic carbocycles. The van der Waals surface area contributed by atoms with Crippen LogP contribution in [0, 0.1) is 11.3 Å². The molecular weight excluding hydrogens is 344 g/mol. The molecule has 0 aliphatic carbocycles. The van der Waals surface area contributed by atoms with E-state index in [2.05, 4.69) is 5.32 Å². The lowest BCUT2D eigenvalue weighted by Crippen LogP contribution is -2.33. The monoisotopic (exact) mass is 366 g/mol. The third-order valence-corrected chi connectivity index (χ3v) is 3.82. The van der Waals surface area contributed by atoms with E-state index in [-0.39, 0.29) is 25.2 Å². The molecule has 140 valence electrons. The molecule has 0 aromatic heterocycles. The van der Waals surface area contributed by atoms with Crippen LogP contribution < -0.4 is 10.1 Å². The molecule has 27 heavy (non-hydrogen) atoms. The maximum atomic E-state index is 12.1. The fourth-order valence-corrected chi connectivity index (χ4v) is 2.49. The second-order valence-corrected chi connectivity index (χ2v) is 5.90. The highest BCUT2D eigenvalue weighted by Crippen LogP contribution is 2.18. The van der Waals surface area contributed by atoms with Crippen molar-refractivity contribution in [3.05, 3.63) is 65.7 Å². The fraction of sp³-hybridized carbons (Fsp3) is 0.286. The summed E-state index contributed by atoms with van der Waals surface area (Å²) in [5, 5.41) is 11.6. The van der Waals surface area contributed by atoms with Crippen LogP contribution in [0.3, 0.4) is 0 Å². The molecular formula is C21H22N2O4. The Morgan fingerprint density at radius 3 is 2.41 bits per heavy atom. The van der Waals surface area contributed by atoms with Gasteiger partial charge in [0.2, 0.25) is 0 Å². The summed E-state index contributed by atoms with van der Waals surface area (Å²) >= 11 is 0. The zero-order valence-corrected chi connectivity index (χ0v) is 15.2. The van der Waals surface area contributed by atoms with Crippen molar-refractivity contribution in [2.75, 3.05) is 13.2 Å². The lowest BCUT2D eigenvalue weighted by Gasteiger charge is -2.18. The maximum Gasteiger partial charge on any atom is 0.344 e. The van der Waals surface area contributed by atoms with E-state index < -0.39 is 5.97 Å². The molecule has 1 atom stereocenters. The molecule has 0 bridgehead atoms. The Bertz CT molecular complexity index is 782. The number of benzene rings is 2. The number of esters is 1. The summed E-state index contributed by atoms with van der Waals surface area (Å²) < 4.78 is 10.2. The predicted molar refractivity (Wildman–Crippen MR) is 99.8 cm³/mol. The average molecular weight is 366 g/mol. The Kier molecular flexibility index (Phi) is 7.86. The second-order valence-electron chi connectivity index (χ2n) is 5.90. The first-order valence-corrected chi connectivity index (χ1v) is 8.75. The van der Waals surface area contributed by atoms with Crippen LogP contribution in [0.15, 0.2) is 54.6 Å². The van der Waals surface area contributed by atoms with Crippen molar-refractivity contribution < 1.29 is 19.1 Å². The number of ether oxygens (including phenoxy) is 2. The van der Waals surface area contributed by atoms with Crippen LogP contribution in [-0.4, -0.2) is 25.1 Å². The molecule has 0 saturated heterocycles. The highest BCUT2D eigenvalue weighted by Gasteiger charge is 2.15.